The fraction of sp³-hybridized carbons (Fsp3) is 0.500. The number of benzene rings is 1. The van der Waals surface area contributed by atoms with Crippen molar-refractivity contribution in [3.05, 3.63) is 23.8 Å². The van der Waals surface area contributed by atoms with E-state index in [2.05, 4.69) is 5.32 Å². The number of hydrogen-bond donors (Lipinski definition) is 1. The summed E-state index contributed by atoms with van der Waals surface area (Å²) in [6.07, 6.45) is 0. The maximum Gasteiger partial charge on any atom is 0.217 e. The van der Waals surface area contributed by atoms with E-state index in [4.69, 9.17) is 18.9 Å². The highest BCUT2D eigenvalue weighted by molar-refractivity contribution is 5.72. The summed E-state index contributed by atoms with van der Waals surface area (Å²) < 4.78 is 21.9. The minimum absolute atomic E-state index is 0.135. The molecule has 0 radical (unpaired) electrons. The molecule has 0 atom stereocenters. The fourth-order valence-corrected chi connectivity index (χ4v) is 2.14. The van der Waals surface area contributed by atoms with Crippen molar-refractivity contribution >= 4 is 5.91 Å². The summed E-state index contributed by atoms with van der Waals surface area (Å²) in [5.74, 6) is 0.116. The van der Waals surface area contributed by atoms with Crippen LogP contribution in [0.4, 0.5) is 0 Å². The van der Waals surface area contributed by atoms with Crippen molar-refractivity contribution in [2.24, 2.45) is 0 Å². The average molecular weight is 281 g/mol. The highest BCUT2D eigenvalue weighted by atomic mass is 16.7. The first-order chi connectivity index (χ1) is 9.61. The van der Waals surface area contributed by atoms with Gasteiger partial charge in [-0.3, -0.25) is 4.79 Å². The van der Waals surface area contributed by atoms with E-state index in [-0.39, 0.29) is 12.5 Å². The lowest BCUT2D eigenvalue weighted by atomic mass is 10.0. The monoisotopic (exact) mass is 281 g/mol. The number of amides is 1. The predicted molar refractivity (Wildman–Crippen MR) is 71.8 cm³/mol. The minimum Gasteiger partial charge on any atom is -0.493 e. The van der Waals surface area contributed by atoms with Crippen LogP contribution in [0.2, 0.25) is 0 Å². The Balaban J connectivity index is 2.31. The smallest absolute Gasteiger partial charge is 0.217 e. The van der Waals surface area contributed by atoms with Gasteiger partial charge in [-0.25, -0.2) is 0 Å². The lowest BCUT2D eigenvalue weighted by molar-refractivity contribution is -0.164. The quantitative estimate of drug-likeness (QED) is 0.873. The zero-order chi connectivity index (χ0) is 14.6. The van der Waals surface area contributed by atoms with E-state index in [0.29, 0.717) is 24.7 Å². The van der Waals surface area contributed by atoms with Crippen LogP contribution in [-0.4, -0.2) is 39.9 Å². The number of methoxy groups -OCH3 is 2. The summed E-state index contributed by atoms with van der Waals surface area (Å²) in [6, 6.07) is 5.43. The first-order valence-corrected chi connectivity index (χ1v) is 6.36. The van der Waals surface area contributed by atoms with Crippen LogP contribution in [0, 0.1) is 0 Å². The van der Waals surface area contributed by atoms with Gasteiger partial charge in [0, 0.05) is 12.5 Å². The van der Waals surface area contributed by atoms with E-state index in [1.807, 2.05) is 6.07 Å². The molecule has 6 nitrogen and oxygen atoms in total. The van der Waals surface area contributed by atoms with Crippen molar-refractivity contribution in [2.75, 3.05) is 34.0 Å². The van der Waals surface area contributed by atoms with Crippen LogP contribution < -0.4 is 14.8 Å². The number of ether oxygens (including phenoxy) is 4. The molecule has 1 saturated heterocycles. The third-order valence-electron chi connectivity index (χ3n) is 3.15. The highest BCUT2D eigenvalue weighted by Gasteiger charge is 2.39. The number of rotatable bonds is 5. The molecule has 20 heavy (non-hydrogen) atoms. The molecule has 1 aromatic rings. The predicted octanol–water partition coefficient (Wildman–Crippen LogP) is 1.04. The van der Waals surface area contributed by atoms with Crippen LogP contribution in [0.5, 0.6) is 11.5 Å². The minimum atomic E-state index is -0.967. The molecular weight excluding hydrogens is 262 g/mol. The fourth-order valence-electron chi connectivity index (χ4n) is 2.14. The molecule has 0 unspecified atom stereocenters. The second-order valence-electron chi connectivity index (χ2n) is 4.43. The van der Waals surface area contributed by atoms with Gasteiger partial charge in [-0.05, 0) is 18.2 Å². The van der Waals surface area contributed by atoms with E-state index >= 15 is 0 Å². The van der Waals surface area contributed by atoms with Gasteiger partial charge in [0.15, 0.2) is 11.5 Å². The topological polar surface area (TPSA) is 66.0 Å². The van der Waals surface area contributed by atoms with Crippen LogP contribution in [0.25, 0.3) is 0 Å². The summed E-state index contributed by atoms with van der Waals surface area (Å²) in [5, 5.41) is 2.73. The lowest BCUT2D eigenvalue weighted by Crippen LogP contribution is -2.41. The lowest BCUT2D eigenvalue weighted by Gasteiger charge is -2.28. The van der Waals surface area contributed by atoms with Gasteiger partial charge < -0.3 is 24.3 Å². The van der Waals surface area contributed by atoms with Gasteiger partial charge in [0.2, 0.25) is 11.7 Å². The molecule has 1 amide bonds. The molecule has 0 saturated carbocycles. The van der Waals surface area contributed by atoms with E-state index in [9.17, 15) is 4.79 Å². The molecule has 0 aliphatic carbocycles. The molecular formula is C14H19NO5. The van der Waals surface area contributed by atoms with Crippen molar-refractivity contribution in [3.8, 4) is 11.5 Å². The Bertz CT molecular complexity index is 482. The Morgan fingerprint density at radius 1 is 1.25 bits per heavy atom. The van der Waals surface area contributed by atoms with Gasteiger partial charge in [0.05, 0.1) is 34.0 Å². The number of nitrogens with one attached hydrogen (secondary N) is 1. The van der Waals surface area contributed by atoms with Crippen molar-refractivity contribution in [1.29, 1.82) is 0 Å². The maximum absolute atomic E-state index is 11.1. The average Bonchev–Trinajstić information content (AvgIpc) is 2.94. The second-order valence-corrected chi connectivity index (χ2v) is 4.43. The first-order valence-electron chi connectivity index (χ1n) is 6.36. The molecule has 1 heterocycles. The van der Waals surface area contributed by atoms with Crippen molar-refractivity contribution in [1.82, 2.24) is 5.32 Å². The van der Waals surface area contributed by atoms with E-state index in [0.717, 1.165) is 5.56 Å². The zero-order valence-electron chi connectivity index (χ0n) is 11.9. The Hall–Kier alpha value is -1.79. The molecule has 110 valence electrons. The van der Waals surface area contributed by atoms with Gasteiger partial charge in [-0.1, -0.05) is 0 Å². The number of hydrogen-bond acceptors (Lipinski definition) is 5. The molecule has 1 aliphatic rings. The molecule has 2 rings (SSSR count). The molecule has 0 bridgehead atoms. The SMILES string of the molecule is COc1ccc(C2(CNC(C)=O)OCCO2)cc1OC. The van der Waals surface area contributed by atoms with E-state index < -0.39 is 5.79 Å². The molecule has 1 N–H and O–H groups in total. The van der Waals surface area contributed by atoms with Crippen LogP contribution in [0.1, 0.15) is 12.5 Å². The molecule has 0 aromatic heterocycles. The molecule has 1 aromatic carbocycles. The van der Waals surface area contributed by atoms with Gasteiger partial charge >= 0.3 is 0 Å². The molecule has 1 aliphatic heterocycles. The third-order valence-corrected chi connectivity index (χ3v) is 3.15. The maximum atomic E-state index is 11.1. The Kier molecular flexibility index (Phi) is 4.46. The Labute approximate surface area is 118 Å². The largest absolute Gasteiger partial charge is 0.493 e. The first kappa shape index (κ1) is 14.6. The van der Waals surface area contributed by atoms with Gasteiger partial charge in [-0.15, -0.1) is 0 Å². The Morgan fingerprint density at radius 3 is 2.45 bits per heavy atom. The number of carbonyl (C=O) groups is 1. The van der Waals surface area contributed by atoms with E-state index in [1.165, 1.54) is 6.92 Å². The third kappa shape index (κ3) is 2.86. The zero-order valence-corrected chi connectivity index (χ0v) is 11.9. The number of carbonyl (C=O) groups excluding carboxylic acids is 1. The van der Waals surface area contributed by atoms with Gasteiger partial charge in [-0.2, -0.15) is 0 Å². The molecule has 0 spiro atoms. The van der Waals surface area contributed by atoms with Crippen molar-refractivity contribution in [3.63, 3.8) is 0 Å². The van der Waals surface area contributed by atoms with Crippen LogP contribution >= 0.6 is 0 Å². The standard InChI is InChI=1S/C14H19NO5/c1-10(16)15-9-14(19-6-7-20-14)11-4-5-12(17-2)13(8-11)18-3/h4-5,8H,6-7,9H2,1-3H3,(H,15,16). The van der Waals surface area contributed by atoms with Crippen LogP contribution in [-0.2, 0) is 20.1 Å². The summed E-state index contributed by atoms with van der Waals surface area (Å²) in [7, 11) is 3.14. The summed E-state index contributed by atoms with van der Waals surface area (Å²) in [5.41, 5.74) is 0.779. The van der Waals surface area contributed by atoms with Crippen molar-refractivity contribution < 1.29 is 23.7 Å². The molecule has 6 heteroatoms. The second kappa shape index (κ2) is 6.11. The Morgan fingerprint density at radius 2 is 1.90 bits per heavy atom. The van der Waals surface area contributed by atoms with Gasteiger partial charge in [0.1, 0.15) is 0 Å². The van der Waals surface area contributed by atoms with Gasteiger partial charge in [0.25, 0.3) is 0 Å². The normalized spacial score (nSPS) is 16.8. The van der Waals surface area contributed by atoms with E-state index in [1.54, 1.807) is 26.4 Å². The molecule has 1 fully saturated rings. The van der Waals surface area contributed by atoms with Crippen LogP contribution in [0.15, 0.2) is 18.2 Å². The summed E-state index contributed by atoms with van der Waals surface area (Å²) in [6.45, 7) is 2.66. The van der Waals surface area contributed by atoms with Crippen LogP contribution in [0.3, 0.4) is 0 Å². The van der Waals surface area contributed by atoms with Crippen molar-refractivity contribution in [2.45, 2.75) is 12.7 Å². The highest BCUT2D eigenvalue weighted by Crippen LogP contribution is 2.36. The summed E-state index contributed by atoms with van der Waals surface area (Å²) in [4.78, 5) is 11.1. The summed E-state index contributed by atoms with van der Waals surface area (Å²) >= 11 is 0.